The van der Waals surface area contributed by atoms with Crippen LogP contribution in [0.15, 0.2) is 77.3 Å². The van der Waals surface area contributed by atoms with E-state index in [0.717, 1.165) is 10.2 Å². The summed E-state index contributed by atoms with van der Waals surface area (Å²) < 4.78 is 6.29. The Kier molecular flexibility index (Phi) is 6.45. The number of ether oxygens (including phenoxy) is 1. The third-order valence-corrected chi connectivity index (χ3v) is 4.46. The molecule has 2 amide bonds. The second-order valence-corrected chi connectivity index (χ2v) is 6.87. The van der Waals surface area contributed by atoms with Gasteiger partial charge in [-0.2, -0.15) is 0 Å². The highest BCUT2D eigenvalue weighted by molar-refractivity contribution is 9.10. The Morgan fingerprint density at radius 1 is 0.750 bits per heavy atom. The van der Waals surface area contributed by atoms with Gasteiger partial charge in [0.1, 0.15) is 5.75 Å². The summed E-state index contributed by atoms with van der Waals surface area (Å²) in [7, 11) is 0. The summed E-state index contributed by atoms with van der Waals surface area (Å²) in [6.07, 6.45) is 0. The molecule has 0 aliphatic heterocycles. The molecule has 3 aromatic carbocycles. The molecule has 0 bridgehead atoms. The zero-order valence-corrected chi connectivity index (χ0v) is 16.8. The lowest BCUT2D eigenvalue weighted by atomic mass is 10.2. The largest absolute Gasteiger partial charge is 0.494 e. The van der Waals surface area contributed by atoms with Crippen LogP contribution in [0.3, 0.4) is 0 Å². The van der Waals surface area contributed by atoms with E-state index in [2.05, 4.69) is 26.6 Å². The number of hydrogen-bond donors (Lipinski definition) is 2. The van der Waals surface area contributed by atoms with E-state index >= 15 is 0 Å². The fraction of sp³-hybridized carbons (Fsp3) is 0.0909. The molecule has 0 fully saturated rings. The quantitative estimate of drug-likeness (QED) is 0.544. The molecule has 142 valence electrons. The van der Waals surface area contributed by atoms with Crippen molar-refractivity contribution >= 4 is 39.1 Å². The summed E-state index contributed by atoms with van der Waals surface area (Å²) >= 11 is 3.34. The van der Waals surface area contributed by atoms with Gasteiger partial charge in [-0.25, -0.2) is 0 Å². The molecular weight excluding hydrogens is 420 g/mol. The van der Waals surface area contributed by atoms with Crippen LogP contribution >= 0.6 is 15.9 Å². The van der Waals surface area contributed by atoms with Gasteiger partial charge in [-0.05, 0) is 79.7 Å². The molecule has 3 rings (SSSR count). The Morgan fingerprint density at radius 2 is 1.18 bits per heavy atom. The van der Waals surface area contributed by atoms with Gasteiger partial charge in [0.2, 0.25) is 0 Å². The maximum absolute atomic E-state index is 12.3. The van der Waals surface area contributed by atoms with Gasteiger partial charge in [-0.3, -0.25) is 9.59 Å². The van der Waals surface area contributed by atoms with E-state index in [-0.39, 0.29) is 11.8 Å². The molecule has 0 aliphatic carbocycles. The Hall–Kier alpha value is -3.12. The van der Waals surface area contributed by atoms with Gasteiger partial charge in [-0.1, -0.05) is 15.9 Å². The first-order chi connectivity index (χ1) is 13.5. The Balaban J connectivity index is 1.60. The second-order valence-electron chi connectivity index (χ2n) is 5.95. The zero-order valence-electron chi connectivity index (χ0n) is 15.2. The zero-order chi connectivity index (χ0) is 19.9. The minimum absolute atomic E-state index is 0.196. The number of anilines is 2. The first-order valence-electron chi connectivity index (χ1n) is 8.76. The van der Waals surface area contributed by atoms with E-state index in [1.54, 1.807) is 60.7 Å². The SMILES string of the molecule is CCOc1ccc(C(=O)Nc2ccc(NC(=O)c3ccc(Br)cc3)cc2)cc1. The summed E-state index contributed by atoms with van der Waals surface area (Å²) in [4.78, 5) is 24.6. The van der Waals surface area contributed by atoms with Crippen molar-refractivity contribution in [3.63, 3.8) is 0 Å². The highest BCUT2D eigenvalue weighted by Crippen LogP contribution is 2.18. The molecule has 0 spiro atoms. The molecule has 6 heteroatoms. The highest BCUT2D eigenvalue weighted by atomic mass is 79.9. The fourth-order valence-corrected chi connectivity index (χ4v) is 2.78. The molecule has 0 saturated heterocycles. The Morgan fingerprint density at radius 3 is 1.61 bits per heavy atom. The van der Waals surface area contributed by atoms with Gasteiger partial charge in [0.05, 0.1) is 6.61 Å². The molecule has 0 unspecified atom stereocenters. The first-order valence-corrected chi connectivity index (χ1v) is 9.55. The van der Waals surface area contributed by atoms with Gasteiger partial charge in [0.15, 0.2) is 0 Å². The number of carbonyl (C=O) groups is 2. The van der Waals surface area contributed by atoms with Crippen LogP contribution in [0.25, 0.3) is 0 Å². The summed E-state index contributed by atoms with van der Waals surface area (Å²) in [5.74, 6) is 0.318. The average molecular weight is 439 g/mol. The predicted molar refractivity (Wildman–Crippen MR) is 114 cm³/mol. The standard InChI is InChI=1S/C22H19BrN2O3/c1-2-28-20-13-5-16(6-14-20)22(27)25-19-11-9-18(10-12-19)24-21(26)15-3-7-17(23)8-4-15/h3-14H,2H2,1H3,(H,24,26)(H,25,27). The van der Waals surface area contributed by atoms with Crippen molar-refractivity contribution in [3.05, 3.63) is 88.4 Å². The summed E-state index contributed by atoms with van der Waals surface area (Å²) in [5, 5.41) is 5.66. The molecule has 0 radical (unpaired) electrons. The number of hydrogen-bond acceptors (Lipinski definition) is 3. The molecule has 0 atom stereocenters. The third-order valence-electron chi connectivity index (χ3n) is 3.93. The van der Waals surface area contributed by atoms with Crippen LogP contribution in [-0.2, 0) is 0 Å². The molecule has 0 aromatic heterocycles. The van der Waals surface area contributed by atoms with Crippen molar-refractivity contribution in [2.75, 3.05) is 17.2 Å². The number of amides is 2. The van der Waals surface area contributed by atoms with Gasteiger partial charge in [-0.15, -0.1) is 0 Å². The topological polar surface area (TPSA) is 67.4 Å². The molecule has 3 aromatic rings. The van der Waals surface area contributed by atoms with Gasteiger partial charge in [0.25, 0.3) is 11.8 Å². The molecule has 0 heterocycles. The van der Waals surface area contributed by atoms with Crippen molar-refractivity contribution in [2.24, 2.45) is 0 Å². The van der Waals surface area contributed by atoms with Gasteiger partial charge >= 0.3 is 0 Å². The van der Waals surface area contributed by atoms with Crippen LogP contribution in [-0.4, -0.2) is 18.4 Å². The Bertz CT molecular complexity index is 953. The number of halogens is 1. The van der Waals surface area contributed by atoms with Crippen LogP contribution in [0, 0.1) is 0 Å². The number of rotatable bonds is 6. The Labute approximate surface area is 171 Å². The fourth-order valence-electron chi connectivity index (χ4n) is 2.51. The van der Waals surface area contributed by atoms with Crippen molar-refractivity contribution in [1.29, 1.82) is 0 Å². The van der Waals surface area contributed by atoms with E-state index in [1.807, 2.05) is 19.1 Å². The molecule has 2 N–H and O–H groups in total. The minimum Gasteiger partial charge on any atom is -0.494 e. The van der Waals surface area contributed by atoms with Crippen LogP contribution in [0.5, 0.6) is 5.75 Å². The molecular formula is C22H19BrN2O3. The van der Waals surface area contributed by atoms with Crippen LogP contribution in [0.4, 0.5) is 11.4 Å². The molecule has 0 saturated carbocycles. The van der Waals surface area contributed by atoms with E-state index in [4.69, 9.17) is 4.74 Å². The van der Waals surface area contributed by atoms with Gasteiger partial charge in [0, 0.05) is 27.0 Å². The normalized spacial score (nSPS) is 10.2. The van der Waals surface area contributed by atoms with Crippen molar-refractivity contribution in [3.8, 4) is 5.75 Å². The molecule has 0 aliphatic rings. The first kappa shape index (κ1) is 19.6. The monoisotopic (exact) mass is 438 g/mol. The maximum Gasteiger partial charge on any atom is 0.255 e. The molecule has 28 heavy (non-hydrogen) atoms. The van der Waals surface area contributed by atoms with Crippen LogP contribution < -0.4 is 15.4 Å². The lowest BCUT2D eigenvalue weighted by molar-refractivity contribution is 0.101. The van der Waals surface area contributed by atoms with E-state index < -0.39 is 0 Å². The van der Waals surface area contributed by atoms with Crippen LogP contribution in [0.1, 0.15) is 27.6 Å². The van der Waals surface area contributed by atoms with Crippen molar-refractivity contribution in [2.45, 2.75) is 6.92 Å². The number of benzene rings is 3. The third kappa shape index (κ3) is 5.20. The average Bonchev–Trinajstić information content (AvgIpc) is 2.70. The maximum atomic E-state index is 12.3. The summed E-state index contributed by atoms with van der Waals surface area (Å²) in [6, 6.07) is 21.0. The lowest BCUT2D eigenvalue weighted by Gasteiger charge is -2.09. The van der Waals surface area contributed by atoms with Crippen molar-refractivity contribution < 1.29 is 14.3 Å². The van der Waals surface area contributed by atoms with E-state index in [0.29, 0.717) is 29.1 Å². The van der Waals surface area contributed by atoms with Crippen LogP contribution in [0.2, 0.25) is 0 Å². The smallest absolute Gasteiger partial charge is 0.255 e. The number of carbonyl (C=O) groups excluding carboxylic acids is 2. The minimum atomic E-state index is -0.213. The number of nitrogens with one attached hydrogen (secondary N) is 2. The van der Waals surface area contributed by atoms with E-state index in [1.165, 1.54) is 0 Å². The van der Waals surface area contributed by atoms with E-state index in [9.17, 15) is 9.59 Å². The summed E-state index contributed by atoms with van der Waals surface area (Å²) in [6.45, 7) is 2.49. The highest BCUT2D eigenvalue weighted by Gasteiger charge is 2.08. The van der Waals surface area contributed by atoms with Gasteiger partial charge < -0.3 is 15.4 Å². The molecule has 5 nitrogen and oxygen atoms in total. The second kappa shape index (κ2) is 9.19. The predicted octanol–water partition coefficient (Wildman–Crippen LogP) is 5.35. The lowest BCUT2D eigenvalue weighted by Crippen LogP contribution is -2.13. The van der Waals surface area contributed by atoms with Crippen molar-refractivity contribution in [1.82, 2.24) is 0 Å². The summed E-state index contributed by atoms with van der Waals surface area (Å²) in [5.41, 5.74) is 2.39.